The molecule has 1 heterocycles. The first-order chi connectivity index (χ1) is 5.49. The van der Waals surface area contributed by atoms with Crippen molar-refractivity contribution in [2.45, 2.75) is 25.6 Å². The van der Waals surface area contributed by atoms with Crippen LogP contribution in [0.3, 0.4) is 0 Å². The fraction of sp³-hybridized carbons (Fsp3) is 0.625. The molecule has 0 aromatic heterocycles. The summed E-state index contributed by atoms with van der Waals surface area (Å²) < 4.78 is 5.29. The van der Waals surface area contributed by atoms with Crippen LogP contribution in [0.5, 0.6) is 0 Å². The van der Waals surface area contributed by atoms with Gasteiger partial charge in [0.2, 0.25) is 0 Å². The molecule has 12 heavy (non-hydrogen) atoms. The van der Waals surface area contributed by atoms with Gasteiger partial charge in [0.15, 0.2) is 0 Å². The van der Waals surface area contributed by atoms with Crippen LogP contribution in [0.2, 0.25) is 0 Å². The van der Waals surface area contributed by atoms with Crippen LogP contribution < -0.4 is 0 Å². The summed E-state index contributed by atoms with van der Waals surface area (Å²) in [4.78, 5) is 12.0. The zero-order valence-electron chi connectivity index (χ0n) is 7.28. The molecule has 1 unspecified atom stereocenters. The third-order valence-electron chi connectivity index (χ3n) is 2.00. The molecule has 1 aliphatic heterocycles. The number of hydrogen-bond donors (Lipinski definition) is 1. The number of nitrogens with zero attached hydrogens (tertiary/aromatic N) is 1. The first-order valence-corrected chi connectivity index (χ1v) is 3.78. The van der Waals surface area contributed by atoms with E-state index < -0.39 is 11.8 Å². The van der Waals surface area contributed by atoms with Gasteiger partial charge in [0.25, 0.3) is 0 Å². The van der Waals surface area contributed by atoms with E-state index in [4.69, 9.17) is 9.84 Å². The van der Waals surface area contributed by atoms with Crippen LogP contribution in [0.25, 0.3) is 0 Å². The lowest BCUT2D eigenvalue weighted by molar-refractivity contribution is -0.0409. The van der Waals surface area contributed by atoms with Gasteiger partial charge in [-0.15, -0.1) is 6.58 Å². The van der Waals surface area contributed by atoms with Crippen LogP contribution in [-0.4, -0.2) is 34.5 Å². The van der Waals surface area contributed by atoms with Gasteiger partial charge in [0.1, 0.15) is 5.72 Å². The Kier molecular flexibility index (Phi) is 2.10. The van der Waals surface area contributed by atoms with Crippen LogP contribution in [0.4, 0.5) is 4.79 Å². The first kappa shape index (κ1) is 9.06. The largest absolute Gasteiger partial charge is 0.465 e. The monoisotopic (exact) mass is 171 g/mol. The molecular weight excluding hydrogens is 158 g/mol. The number of hydrogen-bond acceptors (Lipinski definition) is 2. The second-order valence-corrected chi connectivity index (χ2v) is 3.21. The van der Waals surface area contributed by atoms with E-state index in [9.17, 15) is 4.79 Å². The van der Waals surface area contributed by atoms with Gasteiger partial charge in [-0.25, -0.2) is 4.79 Å². The highest BCUT2D eigenvalue weighted by Gasteiger charge is 2.42. The van der Waals surface area contributed by atoms with E-state index >= 15 is 0 Å². The van der Waals surface area contributed by atoms with Gasteiger partial charge < -0.3 is 9.84 Å². The average molecular weight is 171 g/mol. The lowest BCUT2D eigenvalue weighted by Gasteiger charge is -2.29. The molecule has 1 fully saturated rings. The Balaban J connectivity index is 2.87. The Bertz CT molecular complexity index is 212. The van der Waals surface area contributed by atoms with Crippen LogP contribution in [0.1, 0.15) is 13.8 Å². The number of carboxylic acid groups (broad SMARTS) is 1. The average Bonchev–Trinajstić information content (AvgIpc) is 2.24. The molecular formula is C8H13NO3. The molecule has 4 heteroatoms. The van der Waals surface area contributed by atoms with Gasteiger partial charge >= 0.3 is 6.09 Å². The second kappa shape index (κ2) is 2.79. The maximum Gasteiger partial charge on any atom is 0.410 e. The van der Waals surface area contributed by atoms with E-state index in [2.05, 4.69) is 6.58 Å². The predicted octanol–water partition coefficient (Wildman–Crippen LogP) is 1.29. The smallest absolute Gasteiger partial charge is 0.410 e. The first-order valence-electron chi connectivity index (χ1n) is 3.78. The molecule has 0 aromatic carbocycles. The Hall–Kier alpha value is -1.03. The summed E-state index contributed by atoms with van der Waals surface area (Å²) in [6.07, 6.45) is 0.616. The fourth-order valence-corrected chi connectivity index (χ4v) is 1.38. The van der Waals surface area contributed by atoms with E-state index in [0.717, 1.165) is 0 Å². The van der Waals surface area contributed by atoms with Crippen LogP contribution in [-0.2, 0) is 4.74 Å². The maximum absolute atomic E-state index is 10.8. The summed E-state index contributed by atoms with van der Waals surface area (Å²) in [5.74, 6) is 0. The van der Waals surface area contributed by atoms with Crippen LogP contribution in [0.15, 0.2) is 12.7 Å². The van der Waals surface area contributed by atoms with Crippen molar-refractivity contribution in [3.8, 4) is 0 Å². The van der Waals surface area contributed by atoms with Crippen LogP contribution in [0, 0.1) is 0 Å². The quantitative estimate of drug-likeness (QED) is 0.605. The van der Waals surface area contributed by atoms with Crippen molar-refractivity contribution in [3.05, 3.63) is 12.7 Å². The summed E-state index contributed by atoms with van der Waals surface area (Å²) in [7, 11) is 0. The molecule has 68 valence electrons. The Labute approximate surface area is 71.4 Å². The SMILES string of the molecule is C=CC1COC(C)(C)N1C(=O)O. The highest BCUT2D eigenvalue weighted by atomic mass is 16.5. The molecule has 0 bridgehead atoms. The molecule has 1 rings (SSSR count). The van der Waals surface area contributed by atoms with Crippen molar-refractivity contribution >= 4 is 6.09 Å². The number of rotatable bonds is 1. The maximum atomic E-state index is 10.8. The summed E-state index contributed by atoms with van der Waals surface area (Å²) in [6, 6.07) is -0.225. The van der Waals surface area contributed by atoms with Crippen molar-refractivity contribution in [2.24, 2.45) is 0 Å². The minimum atomic E-state index is -0.970. The van der Waals surface area contributed by atoms with Gasteiger partial charge in [0.05, 0.1) is 12.6 Å². The minimum Gasteiger partial charge on any atom is -0.465 e. The van der Waals surface area contributed by atoms with E-state index in [-0.39, 0.29) is 6.04 Å². The third kappa shape index (κ3) is 1.30. The highest BCUT2D eigenvalue weighted by molar-refractivity contribution is 5.67. The number of carbonyl (C=O) groups is 1. The van der Waals surface area contributed by atoms with Gasteiger partial charge in [-0.2, -0.15) is 0 Å². The van der Waals surface area contributed by atoms with Crippen molar-refractivity contribution in [1.29, 1.82) is 0 Å². The van der Waals surface area contributed by atoms with Crippen molar-refractivity contribution < 1.29 is 14.6 Å². The molecule has 0 saturated carbocycles. The van der Waals surface area contributed by atoms with Crippen LogP contribution >= 0.6 is 0 Å². The molecule has 1 aliphatic rings. The molecule has 0 aliphatic carbocycles. The zero-order valence-corrected chi connectivity index (χ0v) is 7.28. The number of amides is 1. The summed E-state index contributed by atoms with van der Waals surface area (Å²) in [5.41, 5.74) is -0.731. The standard InChI is InChI=1S/C8H13NO3/c1-4-6-5-12-8(2,3)9(6)7(10)11/h4,6H,1,5H2,2-3H3,(H,10,11). The third-order valence-corrected chi connectivity index (χ3v) is 2.00. The summed E-state index contributed by atoms with van der Waals surface area (Å²) in [5, 5.41) is 8.85. The van der Waals surface area contributed by atoms with Crippen molar-refractivity contribution in [2.75, 3.05) is 6.61 Å². The lowest BCUT2D eigenvalue weighted by Crippen LogP contribution is -2.46. The fourth-order valence-electron chi connectivity index (χ4n) is 1.38. The van der Waals surface area contributed by atoms with Crippen molar-refractivity contribution in [1.82, 2.24) is 4.90 Å². The Morgan fingerprint density at radius 3 is 2.75 bits per heavy atom. The second-order valence-electron chi connectivity index (χ2n) is 3.21. The van der Waals surface area contributed by atoms with Gasteiger partial charge in [0, 0.05) is 0 Å². The van der Waals surface area contributed by atoms with E-state index in [1.54, 1.807) is 19.9 Å². The highest BCUT2D eigenvalue weighted by Crippen LogP contribution is 2.27. The Morgan fingerprint density at radius 2 is 2.42 bits per heavy atom. The Morgan fingerprint density at radius 1 is 1.83 bits per heavy atom. The molecule has 0 spiro atoms. The van der Waals surface area contributed by atoms with Crippen molar-refractivity contribution in [3.63, 3.8) is 0 Å². The molecule has 4 nitrogen and oxygen atoms in total. The normalized spacial score (nSPS) is 27.2. The molecule has 1 saturated heterocycles. The lowest BCUT2D eigenvalue weighted by atomic mass is 10.2. The zero-order chi connectivity index (χ0) is 9.35. The predicted molar refractivity (Wildman–Crippen MR) is 43.9 cm³/mol. The number of ether oxygens (including phenoxy) is 1. The van der Waals surface area contributed by atoms with E-state index in [1.165, 1.54) is 4.90 Å². The molecule has 0 radical (unpaired) electrons. The molecule has 1 amide bonds. The molecule has 0 aromatic rings. The molecule has 1 N–H and O–H groups in total. The van der Waals surface area contributed by atoms with Gasteiger partial charge in [-0.05, 0) is 13.8 Å². The molecule has 1 atom stereocenters. The minimum absolute atomic E-state index is 0.225. The summed E-state index contributed by atoms with van der Waals surface area (Å²) >= 11 is 0. The topological polar surface area (TPSA) is 49.8 Å². The van der Waals surface area contributed by atoms with Gasteiger partial charge in [-0.3, -0.25) is 4.90 Å². The van der Waals surface area contributed by atoms with E-state index in [0.29, 0.717) is 6.61 Å². The van der Waals surface area contributed by atoms with E-state index in [1.807, 2.05) is 0 Å². The van der Waals surface area contributed by atoms with Gasteiger partial charge in [-0.1, -0.05) is 6.08 Å². The summed E-state index contributed by atoms with van der Waals surface area (Å²) in [6.45, 7) is 7.40.